The summed E-state index contributed by atoms with van der Waals surface area (Å²) in [6.07, 6.45) is 10.0. The van der Waals surface area contributed by atoms with Crippen LogP contribution in [0.1, 0.15) is 41.6 Å². The van der Waals surface area contributed by atoms with Gasteiger partial charge in [0.25, 0.3) is 0 Å². The summed E-state index contributed by atoms with van der Waals surface area (Å²) in [6, 6.07) is 15.3. The van der Waals surface area contributed by atoms with E-state index in [-0.39, 0.29) is 42.0 Å². The van der Waals surface area contributed by atoms with Crippen molar-refractivity contribution in [3.05, 3.63) is 89.6 Å². The lowest BCUT2D eigenvalue weighted by atomic mass is 9.74. The van der Waals surface area contributed by atoms with Crippen molar-refractivity contribution in [3.63, 3.8) is 0 Å². The molecule has 1 aliphatic heterocycles. The van der Waals surface area contributed by atoms with Crippen LogP contribution in [0.15, 0.2) is 67.3 Å². The quantitative estimate of drug-likeness (QED) is 0.264. The smallest absolute Gasteiger partial charge is 0.245 e. The van der Waals surface area contributed by atoms with Crippen molar-refractivity contribution in [1.29, 1.82) is 0 Å². The zero-order valence-corrected chi connectivity index (χ0v) is 23.9. The number of carbonyl (C=O) groups excluding carboxylic acids is 2. The Hall–Kier alpha value is -3.33. The van der Waals surface area contributed by atoms with Crippen LogP contribution in [0.5, 0.6) is 0 Å². The molecule has 8 nitrogen and oxygen atoms in total. The largest absolute Gasteiger partial charge is 0.361 e. The van der Waals surface area contributed by atoms with Gasteiger partial charge in [0.1, 0.15) is 6.04 Å². The fourth-order valence-corrected chi connectivity index (χ4v) is 6.38. The van der Waals surface area contributed by atoms with Gasteiger partial charge in [-0.15, -0.1) is 24.8 Å². The van der Waals surface area contributed by atoms with Crippen molar-refractivity contribution in [2.75, 3.05) is 13.1 Å². The van der Waals surface area contributed by atoms with Gasteiger partial charge >= 0.3 is 0 Å². The van der Waals surface area contributed by atoms with Gasteiger partial charge < -0.3 is 25.9 Å². The molecule has 1 spiro atoms. The fraction of sp³-hybridized carbons (Fsp3) is 0.367. The van der Waals surface area contributed by atoms with Gasteiger partial charge in [-0.25, -0.2) is 4.98 Å². The maximum atomic E-state index is 13.9. The van der Waals surface area contributed by atoms with Crippen LogP contribution in [0, 0.1) is 0 Å². The number of piperidine rings is 1. The van der Waals surface area contributed by atoms with E-state index in [1.54, 1.807) is 12.5 Å². The molecule has 40 heavy (non-hydrogen) atoms. The first kappa shape index (κ1) is 29.6. The topological polar surface area (TPSA) is 120 Å². The Labute approximate surface area is 246 Å². The molecule has 10 heteroatoms. The highest BCUT2D eigenvalue weighted by Gasteiger charge is 2.42. The van der Waals surface area contributed by atoms with Crippen LogP contribution < -0.4 is 11.1 Å². The summed E-state index contributed by atoms with van der Waals surface area (Å²) < 4.78 is 0. The SMILES string of the molecule is Cl.Cl.N[C@H](Cc1cnc[nH]1)C(=O)N[C@H](Cc1c[nH]c2ccccc12)C(=O)N1CCC2(CCc3ccccc32)CC1. The number of H-pyrrole nitrogens is 2. The number of aryl methyl sites for hydroxylation is 1. The molecule has 1 aliphatic carbocycles. The number of aromatic nitrogens is 3. The third kappa shape index (κ3) is 5.75. The van der Waals surface area contributed by atoms with E-state index in [1.165, 1.54) is 11.1 Å². The van der Waals surface area contributed by atoms with Gasteiger partial charge in [-0.2, -0.15) is 0 Å². The summed E-state index contributed by atoms with van der Waals surface area (Å²) in [4.78, 5) is 39.3. The molecule has 2 aromatic carbocycles. The molecule has 1 fully saturated rings. The van der Waals surface area contributed by atoms with Gasteiger partial charge in [-0.05, 0) is 53.9 Å². The summed E-state index contributed by atoms with van der Waals surface area (Å²) in [5, 5.41) is 4.06. The van der Waals surface area contributed by atoms with Gasteiger partial charge in [0.05, 0.1) is 12.4 Å². The molecular formula is C30H36Cl2N6O2. The molecule has 212 valence electrons. The Morgan fingerprint density at radius 2 is 1.75 bits per heavy atom. The molecule has 2 atom stereocenters. The number of imidazole rings is 1. The van der Waals surface area contributed by atoms with Crippen LogP contribution in [0.3, 0.4) is 0 Å². The molecule has 0 radical (unpaired) electrons. The Balaban J connectivity index is 0.00000185. The molecule has 0 saturated carbocycles. The average molecular weight is 584 g/mol. The maximum absolute atomic E-state index is 13.9. The standard InChI is InChI=1S/C30H34N6O2.2ClH/c31-25(16-22-18-32-19-34-22)28(37)35-27(15-21-17-33-26-8-4-2-6-23(21)26)29(38)36-13-11-30(12-14-36)10-9-20-5-1-3-7-24(20)30;;/h1-8,17-19,25,27,33H,9-16,31H2,(H,32,34)(H,35,37);2*1H/t25-,27-;;/m1../s1. The third-order valence-corrected chi connectivity index (χ3v) is 8.54. The van der Waals surface area contributed by atoms with Gasteiger partial charge in [-0.3, -0.25) is 9.59 Å². The van der Waals surface area contributed by atoms with Crippen LogP contribution in [0.4, 0.5) is 0 Å². The highest BCUT2D eigenvalue weighted by atomic mass is 35.5. The van der Waals surface area contributed by atoms with Gasteiger partial charge in [0, 0.05) is 54.9 Å². The number of halogens is 2. The molecule has 2 aromatic heterocycles. The number of fused-ring (bicyclic) bond motifs is 3. The van der Waals surface area contributed by atoms with E-state index in [1.807, 2.05) is 35.4 Å². The number of amides is 2. The minimum Gasteiger partial charge on any atom is -0.361 e. The zero-order valence-electron chi connectivity index (χ0n) is 22.3. The summed E-state index contributed by atoms with van der Waals surface area (Å²) in [5.74, 6) is -0.380. The van der Waals surface area contributed by atoms with Crippen LogP contribution in [0.25, 0.3) is 10.9 Å². The molecule has 5 N–H and O–H groups in total. The normalized spacial score (nSPS) is 17.0. The number of hydrogen-bond acceptors (Lipinski definition) is 4. The third-order valence-electron chi connectivity index (χ3n) is 8.54. The lowest BCUT2D eigenvalue weighted by Crippen LogP contribution is -2.56. The predicted molar refractivity (Wildman–Crippen MR) is 161 cm³/mol. The second kappa shape index (κ2) is 12.5. The predicted octanol–water partition coefficient (Wildman–Crippen LogP) is 3.84. The van der Waals surface area contributed by atoms with E-state index in [9.17, 15) is 9.59 Å². The summed E-state index contributed by atoms with van der Waals surface area (Å²) in [7, 11) is 0. The van der Waals surface area contributed by atoms with E-state index < -0.39 is 12.1 Å². The second-order valence-corrected chi connectivity index (χ2v) is 10.8. The molecule has 4 aromatic rings. The zero-order chi connectivity index (χ0) is 26.1. The molecule has 2 aliphatic rings. The molecule has 3 heterocycles. The number of nitrogens with zero attached hydrogens (tertiary/aromatic N) is 2. The Morgan fingerprint density at radius 1 is 1.00 bits per heavy atom. The lowest BCUT2D eigenvalue weighted by molar-refractivity contribution is -0.138. The van der Waals surface area contributed by atoms with E-state index >= 15 is 0 Å². The fourth-order valence-electron chi connectivity index (χ4n) is 6.38. The van der Waals surface area contributed by atoms with Gasteiger partial charge in [0.2, 0.25) is 11.8 Å². The first-order valence-corrected chi connectivity index (χ1v) is 13.5. The van der Waals surface area contributed by atoms with E-state index in [0.717, 1.165) is 47.8 Å². The minimum atomic E-state index is -0.784. The molecule has 6 rings (SSSR count). The second-order valence-electron chi connectivity index (χ2n) is 10.8. The molecule has 1 saturated heterocycles. The van der Waals surface area contributed by atoms with E-state index in [4.69, 9.17) is 5.73 Å². The number of hydrogen-bond donors (Lipinski definition) is 4. The summed E-state index contributed by atoms with van der Waals surface area (Å²) in [6.45, 7) is 1.38. The minimum absolute atomic E-state index is 0. The first-order valence-electron chi connectivity index (χ1n) is 13.5. The van der Waals surface area contributed by atoms with Crippen LogP contribution in [-0.2, 0) is 34.3 Å². The van der Waals surface area contributed by atoms with Crippen molar-refractivity contribution in [1.82, 2.24) is 25.2 Å². The number of carbonyl (C=O) groups is 2. The Kier molecular flexibility index (Phi) is 9.23. The monoisotopic (exact) mass is 582 g/mol. The number of likely N-dealkylation sites (tertiary alicyclic amines) is 1. The summed E-state index contributed by atoms with van der Waals surface area (Å²) in [5.41, 5.74) is 12.1. The number of nitrogens with two attached hydrogens (primary N) is 1. The Morgan fingerprint density at radius 3 is 2.52 bits per heavy atom. The lowest BCUT2D eigenvalue weighted by Gasteiger charge is -2.41. The van der Waals surface area contributed by atoms with Crippen LogP contribution in [0.2, 0.25) is 0 Å². The van der Waals surface area contributed by atoms with Crippen molar-refractivity contribution >= 4 is 47.5 Å². The van der Waals surface area contributed by atoms with E-state index in [0.29, 0.717) is 25.9 Å². The number of rotatable bonds is 7. The molecule has 0 bridgehead atoms. The highest BCUT2D eigenvalue weighted by Crippen LogP contribution is 2.46. The van der Waals surface area contributed by atoms with Crippen LogP contribution >= 0.6 is 24.8 Å². The van der Waals surface area contributed by atoms with E-state index in [2.05, 4.69) is 44.5 Å². The van der Waals surface area contributed by atoms with Gasteiger partial charge in [0.15, 0.2) is 0 Å². The highest BCUT2D eigenvalue weighted by molar-refractivity contribution is 5.91. The molecular weight excluding hydrogens is 547 g/mol. The van der Waals surface area contributed by atoms with Crippen molar-refractivity contribution < 1.29 is 9.59 Å². The van der Waals surface area contributed by atoms with Crippen molar-refractivity contribution in [2.45, 2.75) is 56.0 Å². The number of benzene rings is 2. The molecule has 2 amide bonds. The van der Waals surface area contributed by atoms with Crippen LogP contribution in [-0.4, -0.2) is 56.8 Å². The molecule has 0 unspecified atom stereocenters. The number of nitrogens with one attached hydrogen (secondary N) is 3. The van der Waals surface area contributed by atoms with Crippen molar-refractivity contribution in [3.8, 4) is 0 Å². The maximum Gasteiger partial charge on any atom is 0.245 e. The number of aromatic amines is 2. The average Bonchev–Trinajstić information content (AvgIpc) is 3.69. The summed E-state index contributed by atoms with van der Waals surface area (Å²) >= 11 is 0. The van der Waals surface area contributed by atoms with Gasteiger partial charge in [-0.1, -0.05) is 42.5 Å². The first-order chi connectivity index (χ1) is 18.5. The number of para-hydroxylation sites is 1. The van der Waals surface area contributed by atoms with Crippen molar-refractivity contribution in [2.24, 2.45) is 5.73 Å². The Bertz CT molecular complexity index is 1450.